The Morgan fingerprint density at radius 1 is 1.20 bits per heavy atom. The van der Waals surface area contributed by atoms with Gasteiger partial charge in [-0.3, -0.25) is 5.32 Å². The number of ether oxygens (including phenoxy) is 1. The second kappa shape index (κ2) is 6.33. The van der Waals surface area contributed by atoms with Crippen LogP contribution in [0.1, 0.15) is 5.56 Å². The van der Waals surface area contributed by atoms with Crippen LogP contribution in [-0.2, 0) is 6.61 Å². The van der Waals surface area contributed by atoms with Crippen molar-refractivity contribution in [3.8, 4) is 12.2 Å². The summed E-state index contributed by atoms with van der Waals surface area (Å²) in [5.41, 5.74) is 1.01. The van der Waals surface area contributed by atoms with E-state index in [9.17, 15) is 0 Å². The predicted octanol–water partition coefficient (Wildman–Crippen LogP) is 1.41. The average molecular weight is 270 g/mol. The van der Waals surface area contributed by atoms with Gasteiger partial charge in [-0.05, 0) is 5.56 Å². The number of nitriles is 1. The van der Waals surface area contributed by atoms with Crippen molar-refractivity contribution in [2.24, 2.45) is 0 Å². The molecule has 0 aliphatic heterocycles. The summed E-state index contributed by atoms with van der Waals surface area (Å²) in [6.07, 6.45) is 1.77. The third kappa shape index (κ3) is 3.55. The zero-order valence-electron chi connectivity index (χ0n) is 11.2. The molecule has 0 aliphatic carbocycles. The van der Waals surface area contributed by atoms with E-state index >= 15 is 0 Å². The number of nitrogens with one attached hydrogen (secondary N) is 1. The molecule has 2 aromatic rings. The lowest BCUT2D eigenvalue weighted by Gasteiger charge is -2.12. The number of nitrogens with zero attached hydrogens (tertiary/aromatic N) is 5. The minimum atomic E-state index is 0.161. The van der Waals surface area contributed by atoms with Gasteiger partial charge >= 0.3 is 6.01 Å². The Balaban J connectivity index is 2.16. The summed E-state index contributed by atoms with van der Waals surface area (Å²) in [7, 11) is 3.60. The SMILES string of the molecule is CN(C)c1nc(NC#N)nc(OCc2ccccc2)n1. The van der Waals surface area contributed by atoms with Crippen LogP contribution in [-0.4, -0.2) is 29.0 Å². The van der Waals surface area contributed by atoms with E-state index in [-0.39, 0.29) is 12.0 Å². The summed E-state index contributed by atoms with van der Waals surface area (Å²) in [4.78, 5) is 14.0. The Labute approximate surface area is 116 Å². The van der Waals surface area contributed by atoms with Crippen molar-refractivity contribution in [1.82, 2.24) is 15.0 Å². The minimum Gasteiger partial charge on any atom is -0.458 e. The third-order valence-electron chi connectivity index (χ3n) is 2.38. The Kier molecular flexibility index (Phi) is 4.29. The Bertz CT molecular complexity index is 608. The molecule has 2 rings (SSSR count). The fourth-order valence-electron chi connectivity index (χ4n) is 1.44. The largest absolute Gasteiger partial charge is 0.458 e. The van der Waals surface area contributed by atoms with Crippen molar-refractivity contribution >= 4 is 11.9 Å². The Hall–Kier alpha value is -2.88. The van der Waals surface area contributed by atoms with Crippen LogP contribution in [0.25, 0.3) is 0 Å². The number of hydrogen-bond donors (Lipinski definition) is 1. The second-order valence-corrected chi connectivity index (χ2v) is 4.15. The molecule has 0 atom stereocenters. The number of rotatable bonds is 5. The molecule has 1 N–H and O–H groups in total. The summed E-state index contributed by atoms with van der Waals surface area (Å²) >= 11 is 0. The van der Waals surface area contributed by atoms with Crippen LogP contribution in [0, 0.1) is 11.5 Å². The molecule has 0 saturated heterocycles. The number of aromatic nitrogens is 3. The summed E-state index contributed by atoms with van der Waals surface area (Å²) < 4.78 is 5.53. The molecular weight excluding hydrogens is 256 g/mol. The normalized spacial score (nSPS) is 9.65. The topological polar surface area (TPSA) is 87.0 Å². The Morgan fingerprint density at radius 3 is 2.60 bits per heavy atom. The molecule has 102 valence electrons. The monoisotopic (exact) mass is 270 g/mol. The molecule has 20 heavy (non-hydrogen) atoms. The molecule has 1 heterocycles. The van der Waals surface area contributed by atoms with Gasteiger partial charge in [-0.25, -0.2) is 0 Å². The molecule has 0 unspecified atom stereocenters. The van der Waals surface area contributed by atoms with Crippen molar-refractivity contribution < 1.29 is 4.74 Å². The molecule has 7 nitrogen and oxygen atoms in total. The second-order valence-electron chi connectivity index (χ2n) is 4.15. The lowest BCUT2D eigenvalue weighted by atomic mass is 10.2. The Morgan fingerprint density at radius 2 is 1.95 bits per heavy atom. The number of hydrogen-bond acceptors (Lipinski definition) is 7. The summed E-state index contributed by atoms with van der Waals surface area (Å²) in [6.45, 7) is 0.351. The van der Waals surface area contributed by atoms with Gasteiger partial charge in [0.1, 0.15) is 6.61 Å². The average Bonchev–Trinajstić information content (AvgIpc) is 2.46. The molecule has 1 aromatic carbocycles. The summed E-state index contributed by atoms with van der Waals surface area (Å²) in [6, 6.07) is 9.86. The van der Waals surface area contributed by atoms with Crippen LogP contribution in [0.2, 0.25) is 0 Å². The van der Waals surface area contributed by atoms with Gasteiger partial charge in [-0.1, -0.05) is 30.3 Å². The lowest BCUT2D eigenvalue weighted by molar-refractivity contribution is 0.280. The molecule has 0 bridgehead atoms. The maximum Gasteiger partial charge on any atom is 0.323 e. The zero-order chi connectivity index (χ0) is 14.4. The third-order valence-corrected chi connectivity index (χ3v) is 2.38. The first-order valence-corrected chi connectivity index (χ1v) is 5.94. The van der Waals surface area contributed by atoms with Crippen molar-refractivity contribution in [2.75, 3.05) is 24.3 Å². The quantitative estimate of drug-likeness (QED) is 0.649. The molecule has 0 fully saturated rings. The highest BCUT2D eigenvalue weighted by Crippen LogP contribution is 2.14. The molecule has 0 radical (unpaired) electrons. The number of benzene rings is 1. The number of anilines is 2. The molecular formula is C13H14N6O. The fraction of sp³-hybridized carbons (Fsp3) is 0.231. The van der Waals surface area contributed by atoms with E-state index in [1.807, 2.05) is 30.3 Å². The van der Waals surface area contributed by atoms with E-state index in [0.29, 0.717) is 12.6 Å². The van der Waals surface area contributed by atoms with Gasteiger partial charge in [-0.15, -0.1) is 0 Å². The molecule has 7 heteroatoms. The van der Waals surface area contributed by atoms with Gasteiger partial charge in [-0.2, -0.15) is 20.2 Å². The van der Waals surface area contributed by atoms with E-state index in [0.717, 1.165) is 5.56 Å². The van der Waals surface area contributed by atoms with E-state index in [1.54, 1.807) is 25.2 Å². The van der Waals surface area contributed by atoms with E-state index in [2.05, 4.69) is 20.3 Å². The van der Waals surface area contributed by atoms with Gasteiger partial charge in [0, 0.05) is 14.1 Å². The first-order valence-electron chi connectivity index (χ1n) is 5.94. The van der Waals surface area contributed by atoms with Crippen LogP contribution in [0.4, 0.5) is 11.9 Å². The van der Waals surface area contributed by atoms with Crippen molar-refractivity contribution in [1.29, 1.82) is 5.26 Å². The van der Waals surface area contributed by atoms with Gasteiger partial charge in [0.05, 0.1) is 0 Å². The molecule has 0 aliphatic rings. The van der Waals surface area contributed by atoms with Gasteiger partial charge in [0.2, 0.25) is 11.9 Å². The van der Waals surface area contributed by atoms with Crippen molar-refractivity contribution in [3.05, 3.63) is 35.9 Å². The minimum absolute atomic E-state index is 0.161. The van der Waals surface area contributed by atoms with Gasteiger partial charge in [0.25, 0.3) is 0 Å². The van der Waals surface area contributed by atoms with Crippen LogP contribution < -0.4 is 15.0 Å². The van der Waals surface area contributed by atoms with Gasteiger partial charge in [0.15, 0.2) is 6.19 Å². The smallest absolute Gasteiger partial charge is 0.323 e. The maximum absolute atomic E-state index is 8.63. The highest BCUT2D eigenvalue weighted by atomic mass is 16.5. The van der Waals surface area contributed by atoms with Crippen LogP contribution in [0.5, 0.6) is 6.01 Å². The lowest BCUT2D eigenvalue weighted by Crippen LogP contribution is -2.15. The molecule has 0 spiro atoms. The molecule has 1 aromatic heterocycles. The van der Waals surface area contributed by atoms with E-state index in [1.165, 1.54) is 0 Å². The first-order chi connectivity index (χ1) is 9.69. The van der Waals surface area contributed by atoms with E-state index < -0.39 is 0 Å². The van der Waals surface area contributed by atoms with Crippen molar-refractivity contribution in [3.63, 3.8) is 0 Å². The van der Waals surface area contributed by atoms with Gasteiger partial charge < -0.3 is 9.64 Å². The maximum atomic E-state index is 8.63. The predicted molar refractivity (Wildman–Crippen MR) is 74.2 cm³/mol. The standard InChI is InChI=1S/C13H14N6O/c1-19(2)12-16-11(15-9-14)17-13(18-12)20-8-10-6-4-3-5-7-10/h3-7H,8H2,1-2H3,(H,15,16,17,18). The zero-order valence-corrected chi connectivity index (χ0v) is 11.2. The van der Waals surface area contributed by atoms with Crippen LogP contribution >= 0.6 is 0 Å². The highest BCUT2D eigenvalue weighted by Gasteiger charge is 2.09. The molecule has 0 amide bonds. The van der Waals surface area contributed by atoms with Crippen molar-refractivity contribution in [2.45, 2.75) is 6.61 Å². The van der Waals surface area contributed by atoms with E-state index in [4.69, 9.17) is 10.00 Å². The highest BCUT2D eigenvalue weighted by molar-refractivity contribution is 5.39. The fourth-order valence-corrected chi connectivity index (χ4v) is 1.44. The van der Waals surface area contributed by atoms with Crippen LogP contribution in [0.3, 0.4) is 0 Å². The molecule has 0 saturated carbocycles. The summed E-state index contributed by atoms with van der Waals surface area (Å²) in [5.74, 6) is 0.579. The summed E-state index contributed by atoms with van der Waals surface area (Å²) in [5, 5.41) is 11.0. The van der Waals surface area contributed by atoms with Crippen LogP contribution in [0.15, 0.2) is 30.3 Å². The first kappa shape index (κ1) is 13.5.